The number of imidazole rings is 1. The first kappa shape index (κ1) is 13.2. The molecule has 9 heteroatoms. The van der Waals surface area contributed by atoms with Crippen molar-refractivity contribution in [2.24, 2.45) is 0 Å². The fourth-order valence-electron chi connectivity index (χ4n) is 2.27. The van der Waals surface area contributed by atoms with Crippen LogP contribution in [0.3, 0.4) is 0 Å². The van der Waals surface area contributed by atoms with Gasteiger partial charge in [0.15, 0.2) is 0 Å². The molecule has 1 aliphatic rings. The molecule has 110 valence electrons. The monoisotopic (exact) mass is 291 g/mol. The Balaban J connectivity index is 1.72. The number of carbonyl (C=O) groups is 2. The van der Waals surface area contributed by atoms with Crippen LogP contribution >= 0.6 is 0 Å². The third-order valence-electron chi connectivity index (χ3n) is 3.36. The van der Waals surface area contributed by atoms with Crippen LogP contribution in [0.1, 0.15) is 17.1 Å². The highest BCUT2D eigenvalue weighted by Gasteiger charge is 2.35. The second-order valence-corrected chi connectivity index (χ2v) is 4.66. The Morgan fingerprint density at radius 1 is 1.57 bits per heavy atom. The Hall–Kier alpha value is -2.84. The van der Waals surface area contributed by atoms with Crippen molar-refractivity contribution in [2.45, 2.75) is 25.6 Å². The van der Waals surface area contributed by atoms with Gasteiger partial charge in [0.1, 0.15) is 18.0 Å². The van der Waals surface area contributed by atoms with E-state index in [2.05, 4.69) is 25.0 Å². The lowest BCUT2D eigenvalue weighted by atomic mass is 10.0. The summed E-state index contributed by atoms with van der Waals surface area (Å²) in [7, 11) is 0. The van der Waals surface area contributed by atoms with E-state index in [4.69, 9.17) is 0 Å². The number of fused-ring (bicyclic) bond motifs is 1. The van der Waals surface area contributed by atoms with Gasteiger partial charge in [-0.2, -0.15) is 0 Å². The number of nitrogens with one attached hydrogen (secondary N) is 2. The first-order valence-corrected chi connectivity index (χ1v) is 6.33. The smallest absolute Gasteiger partial charge is 0.326 e. The third kappa shape index (κ3) is 2.57. The van der Waals surface area contributed by atoms with Gasteiger partial charge in [-0.15, -0.1) is 0 Å². The Bertz CT molecular complexity index is 650. The molecule has 1 unspecified atom stereocenters. The number of H-pyrrole nitrogens is 1. The highest BCUT2D eigenvalue weighted by molar-refractivity contribution is 5.83. The van der Waals surface area contributed by atoms with Crippen LogP contribution < -0.4 is 5.32 Å². The van der Waals surface area contributed by atoms with E-state index in [1.165, 1.54) is 17.5 Å². The minimum Gasteiger partial charge on any atom is -0.480 e. The fourth-order valence-corrected chi connectivity index (χ4v) is 2.27. The third-order valence-corrected chi connectivity index (χ3v) is 3.36. The second kappa shape index (κ2) is 5.27. The van der Waals surface area contributed by atoms with Crippen molar-refractivity contribution in [2.75, 3.05) is 0 Å². The number of carboxylic acids is 1. The molecule has 2 amide bonds. The summed E-state index contributed by atoms with van der Waals surface area (Å²) in [5.74, 6) is -1.06. The van der Waals surface area contributed by atoms with Gasteiger partial charge in [0, 0.05) is 12.5 Å². The maximum absolute atomic E-state index is 12.2. The fraction of sp³-hybridized carbons (Fsp3) is 0.333. The average Bonchev–Trinajstić information content (AvgIpc) is 3.13. The lowest BCUT2D eigenvalue weighted by molar-refractivity contribution is -0.142. The molecule has 1 aliphatic heterocycles. The molecule has 0 saturated carbocycles. The average molecular weight is 291 g/mol. The largest absolute Gasteiger partial charge is 0.480 e. The van der Waals surface area contributed by atoms with E-state index in [9.17, 15) is 14.7 Å². The van der Waals surface area contributed by atoms with Crippen molar-refractivity contribution < 1.29 is 19.2 Å². The van der Waals surface area contributed by atoms with Gasteiger partial charge in [-0.05, 0) is 0 Å². The Labute approximate surface area is 118 Å². The molecule has 1 atom stereocenters. The van der Waals surface area contributed by atoms with Crippen molar-refractivity contribution in [3.05, 3.63) is 35.7 Å². The Morgan fingerprint density at radius 2 is 2.43 bits per heavy atom. The summed E-state index contributed by atoms with van der Waals surface area (Å²) in [6.45, 7) is 0.352. The topological polar surface area (TPSA) is 124 Å². The molecule has 0 saturated heterocycles. The summed E-state index contributed by atoms with van der Waals surface area (Å²) in [6, 6.07) is 0.224. The molecule has 0 spiro atoms. The number of amides is 2. The van der Waals surface area contributed by atoms with Gasteiger partial charge < -0.3 is 24.8 Å². The minimum atomic E-state index is -1.06. The number of aromatic amines is 1. The number of rotatable bonds is 3. The van der Waals surface area contributed by atoms with Crippen molar-refractivity contribution >= 4 is 12.0 Å². The van der Waals surface area contributed by atoms with E-state index in [0.717, 1.165) is 5.69 Å². The van der Waals surface area contributed by atoms with Gasteiger partial charge >= 0.3 is 12.0 Å². The van der Waals surface area contributed by atoms with Crippen molar-refractivity contribution in [3.63, 3.8) is 0 Å². The van der Waals surface area contributed by atoms with Crippen LogP contribution in [0, 0.1) is 0 Å². The van der Waals surface area contributed by atoms with Crippen molar-refractivity contribution in [1.82, 2.24) is 25.3 Å². The Morgan fingerprint density at radius 3 is 3.14 bits per heavy atom. The predicted molar refractivity (Wildman–Crippen MR) is 68.0 cm³/mol. The maximum Gasteiger partial charge on any atom is 0.326 e. The van der Waals surface area contributed by atoms with Gasteiger partial charge in [-0.1, -0.05) is 5.16 Å². The highest BCUT2D eigenvalue weighted by Crippen LogP contribution is 2.20. The van der Waals surface area contributed by atoms with Crippen LogP contribution in [0.25, 0.3) is 0 Å². The van der Waals surface area contributed by atoms with Gasteiger partial charge in [0.05, 0.1) is 30.8 Å². The zero-order valence-electron chi connectivity index (χ0n) is 10.9. The zero-order chi connectivity index (χ0) is 14.8. The number of carbonyl (C=O) groups excluding carboxylic acids is 1. The molecule has 21 heavy (non-hydrogen) atoms. The van der Waals surface area contributed by atoms with Crippen LogP contribution in [0.4, 0.5) is 4.79 Å². The number of urea groups is 1. The summed E-state index contributed by atoms with van der Waals surface area (Å²) in [5.41, 5.74) is 2.00. The van der Waals surface area contributed by atoms with Gasteiger partial charge in [-0.25, -0.2) is 14.6 Å². The molecular weight excluding hydrogens is 278 g/mol. The van der Waals surface area contributed by atoms with Crippen LogP contribution in [0.2, 0.25) is 0 Å². The number of aliphatic carboxylic acids is 1. The highest BCUT2D eigenvalue weighted by atomic mass is 16.5. The quantitative estimate of drug-likeness (QED) is 0.737. The SMILES string of the molecule is O=C(O)C1Cc2nc[nH]c2CN1C(=O)NCc1ccon1. The van der Waals surface area contributed by atoms with Crippen LogP contribution in [-0.2, 0) is 24.3 Å². The lowest BCUT2D eigenvalue weighted by Gasteiger charge is -2.32. The molecule has 0 aliphatic carbocycles. The van der Waals surface area contributed by atoms with Crippen molar-refractivity contribution in [3.8, 4) is 0 Å². The maximum atomic E-state index is 12.2. The van der Waals surface area contributed by atoms with E-state index < -0.39 is 18.0 Å². The molecule has 0 fully saturated rings. The Kier molecular flexibility index (Phi) is 3.30. The molecule has 2 aromatic heterocycles. The minimum absolute atomic E-state index is 0.175. The van der Waals surface area contributed by atoms with E-state index in [1.807, 2.05) is 0 Å². The van der Waals surface area contributed by atoms with Crippen LogP contribution in [0.15, 0.2) is 23.2 Å². The van der Waals surface area contributed by atoms with Crippen molar-refractivity contribution in [1.29, 1.82) is 0 Å². The van der Waals surface area contributed by atoms with E-state index >= 15 is 0 Å². The lowest BCUT2D eigenvalue weighted by Crippen LogP contribution is -2.52. The number of carboxylic acid groups (broad SMARTS) is 1. The normalized spacial score (nSPS) is 17.3. The molecule has 3 N–H and O–H groups in total. The summed E-state index contributed by atoms with van der Waals surface area (Å²) in [6.07, 6.45) is 3.09. The van der Waals surface area contributed by atoms with E-state index in [-0.39, 0.29) is 19.5 Å². The molecule has 3 heterocycles. The second-order valence-electron chi connectivity index (χ2n) is 4.66. The molecule has 0 bridgehead atoms. The molecule has 2 aromatic rings. The van der Waals surface area contributed by atoms with Gasteiger partial charge in [-0.3, -0.25) is 0 Å². The van der Waals surface area contributed by atoms with Crippen LogP contribution in [-0.4, -0.2) is 43.2 Å². The first-order valence-electron chi connectivity index (χ1n) is 6.33. The van der Waals surface area contributed by atoms with Gasteiger partial charge in [0.2, 0.25) is 0 Å². The molecule has 9 nitrogen and oxygen atoms in total. The molecule has 3 rings (SSSR count). The van der Waals surface area contributed by atoms with E-state index in [1.54, 1.807) is 6.07 Å². The number of hydrogen-bond acceptors (Lipinski definition) is 5. The number of nitrogens with zero attached hydrogens (tertiary/aromatic N) is 3. The predicted octanol–water partition coefficient (Wildman–Crippen LogP) is 0.119. The summed E-state index contributed by atoms with van der Waals surface area (Å²) < 4.78 is 4.67. The summed E-state index contributed by atoms with van der Waals surface area (Å²) in [4.78, 5) is 31.8. The number of aromatic nitrogens is 3. The van der Waals surface area contributed by atoms with Crippen LogP contribution in [0.5, 0.6) is 0 Å². The zero-order valence-corrected chi connectivity index (χ0v) is 10.9. The molecular formula is C12H13N5O4. The summed E-state index contributed by atoms with van der Waals surface area (Å²) in [5, 5.41) is 15.6. The summed E-state index contributed by atoms with van der Waals surface area (Å²) >= 11 is 0. The number of hydrogen-bond donors (Lipinski definition) is 3. The molecule has 0 radical (unpaired) electrons. The van der Waals surface area contributed by atoms with E-state index in [0.29, 0.717) is 11.4 Å². The van der Waals surface area contributed by atoms with Gasteiger partial charge in [0.25, 0.3) is 0 Å². The first-order chi connectivity index (χ1) is 10.1. The standard InChI is InChI=1S/C12H13N5O4/c18-11(19)10-3-8-9(15-6-14-8)5-17(10)12(20)13-4-7-1-2-21-16-7/h1-2,6,10H,3-5H2,(H,13,20)(H,14,15)(H,18,19). The molecule has 0 aromatic carbocycles.